The molecule has 35 heavy (non-hydrogen) atoms. The van der Waals surface area contributed by atoms with Gasteiger partial charge in [0.1, 0.15) is 23.2 Å². The summed E-state index contributed by atoms with van der Waals surface area (Å²) in [6.45, 7) is 0. The van der Waals surface area contributed by atoms with Crippen molar-refractivity contribution in [1.82, 2.24) is 0 Å². The lowest BCUT2D eigenvalue weighted by molar-refractivity contribution is -0.162. The number of rotatable bonds is 5. The largest absolute Gasteiger partial charge is 0.496 e. The summed E-state index contributed by atoms with van der Waals surface area (Å²) >= 11 is 6.15. The molecule has 1 heterocycles. The highest BCUT2D eigenvalue weighted by molar-refractivity contribution is 6.30. The number of hydrogen-bond donors (Lipinski definition) is 1. The van der Waals surface area contributed by atoms with Crippen LogP contribution in [0.15, 0.2) is 66.7 Å². The number of carbonyl (C=O) groups excluding carboxylic acids is 2. The number of hydrogen-bond acceptors (Lipinski definition) is 7. The number of ketones is 1. The van der Waals surface area contributed by atoms with Crippen LogP contribution in [-0.2, 0) is 25.5 Å². The zero-order valence-corrected chi connectivity index (χ0v) is 20.0. The number of benzene rings is 3. The van der Waals surface area contributed by atoms with E-state index in [1.165, 1.54) is 27.4 Å². The van der Waals surface area contributed by atoms with E-state index in [0.717, 1.165) is 0 Å². The molecule has 1 aliphatic heterocycles. The van der Waals surface area contributed by atoms with Gasteiger partial charge in [-0.05, 0) is 17.7 Å². The molecule has 180 valence electrons. The Hall–Kier alpha value is -3.55. The van der Waals surface area contributed by atoms with Gasteiger partial charge < -0.3 is 24.1 Å². The smallest absolute Gasteiger partial charge is 0.313 e. The third kappa shape index (κ3) is 3.08. The monoisotopic (exact) mass is 494 g/mol. The number of ether oxygens (including phenoxy) is 4. The standard InChI is InChI=1S/C27H23ClO7/c1-32-18-13-19(33-2)22-20(14-18)35-27(16-9-11-17(28)12-10-16)21(15-7-5-4-6-8-15)23(24(29)34-3)26(22,31)25(27)30/h4-14,21,23,31H,1-3H3/t21?,23?,26-,27-/m0/s1. The minimum atomic E-state index is -2.31. The lowest BCUT2D eigenvalue weighted by Gasteiger charge is -2.39. The van der Waals surface area contributed by atoms with Crippen LogP contribution in [0.2, 0.25) is 5.02 Å². The minimum Gasteiger partial charge on any atom is -0.496 e. The van der Waals surface area contributed by atoms with Crippen LogP contribution >= 0.6 is 11.6 Å². The molecule has 0 radical (unpaired) electrons. The van der Waals surface area contributed by atoms with E-state index < -0.39 is 34.8 Å². The molecule has 3 aromatic carbocycles. The highest BCUT2D eigenvalue weighted by atomic mass is 35.5. The number of fused-ring (bicyclic) bond motifs is 4. The van der Waals surface area contributed by atoms with Gasteiger partial charge in [0.05, 0.1) is 32.8 Å². The van der Waals surface area contributed by atoms with Crippen molar-refractivity contribution in [3.05, 3.63) is 88.4 Å². The number of halogens is 1. The van der Waals surface area contributed by atoms with Crippen molar-refractivity contribution < 1.29 is 33.6 Å². The van der Waals surface area contributed by atoms with Crippen molar-refractivity contribution in [2.45, 2.75) is 17.1 Å². The number of Topliss-reactive ketones (excluding diaryl/α,β-unsaturated/α-hetero) is 1. The van der Waals surface area contributed by atoms with Gasteiger partial charge in [-0.3, -0.25) is 9.59 Å². The maximum absolute atomic E-state index is 14.4. The molecule has 0 amide bonds. The average Bonchev–Trinajstić information content (AvgIpc) is 3.01. The molecule has 4 atom stereocenters. The predicted molar refractivity (Wildman–Crippen MR) is 127 cm³/mol. The Morgan fingerprint density at radius 3 is 2.29 bits per heavy atom. The Morgan fingerprint density at radius 2 is 1.69 bits per heavy atom. The first-order valence-corrected chi connectivity index (χ1v) is 11.3. The molecular weight excluding hydrogens is 472 g/mol. The van der Waals surface area contributed by atoms with E-state index in [2.05, 4.69) is 0 Å². The van der Waals surface area contributed by atoms with Crippen molar-refractivity contribution in [3.8, 4) is 17.2 Å². The Morgan fingerprint density at radius 1 is 1.00 bits per heavy atom. The maximum Gasteiger partial charge on any atom is 0.313 e. The second kappa shape index (κ2) is 8.29. The fraction of sp³-hybridized carbons (Fsp3) is 0.259. The average molecular weight is 495 g/mol. The van der Waals surface area contributed by atoms with Crippen LogP contribution < -0.4 is 14.2 Å². The van der Waals surface area contributed by atoms with Gasteiger partial charge in [-0.15, -0.1) is 0 Å². The molecule has 0 saturated heterocycles. The third-order valence-corrected chi connectivity index (χ3v) is 7.19. The fourth-order valence-corrected chi connectivity index (χ4v) is 5.61. The van der Waals surface area contributed by atoms with Crippen LogP contribution in [-0.4, -0.2) is 38.2 Å². The Kier molecular flexibility index (Phi) is 5.49. The molecule has 1 aliphatic carbocycles. The lowest BCUT2D eigenvalue weighted by atomic mass is 9.75. The van der Waals surface area contributed by atoms with Crippen LogP contribution in [0.5, 0.6) is 17.2 Å². The Balaban J connectivity index is 1.91. The molecule has 5 rings (SSSR count). The molecule has 7 nitrogen and oxygen atoms in total. The first-order chi connectivity index (χ1) is 16.8. The molecule has 2 aliphatic rings. The summed E-state index contributed by atoms with van der Waals surface area (Å²) in [5.74, 6) is -2.98. The van der Waals surface area contributed by atoms with E-state index >= 15 is 0 Å². The van der Waals surface area contributed by atoms with Crippen molar-refractivity contribution >= 4 is 23.4 Å². The van der Waals surface area contributed by atoms with Gasteiger partial charge in [0.15, 0.2) is 5.60 Å². The Labute approximate surface area is 207 Å². The second-order valence-electron chi connectivity index (χ2n) is 8.53. The van der Waals surface area contributed by atoms with Gasteiger partial charge in [0.25, 0.3) is 0 Å². The zero-order valence-electron chi connectivity index (χ0n) is 19.3. The summed E-state index contributed by atoms with van der Waals surface area (Å²) < 4.78 is 22.7. The van der Waals surface area contributed by atoms with E-state index in [-0.39, 0.29) is 17.1 Å². The van der Waals surface area contributed by atoms with Gasteiger partial charge in [0, 0.05) is 22.7 Å². The van der Waals surface area contributed by atoms with E-state index in [0.29, 0.717) is 21.9 Å². The number of aliphatic hydroxyl groups is 1. The second-order valence-corrected chi connectivity index (χ2v) is 8.97. The SMILES string of the molecule is COC(=O)C1C(c2ccccc2)[C@]2(c3ccc(Cl)cc3)Oc3cc(OC)cc(OC)c3[C@@]1(O)C2=O. The fourth-order valence-electron chi connectivity index (χ4n) is 5.48. The first kappa shape index (κ1) is 23.2. The predicted octanol–water partition coefficient (Wildman–Crippen LogP) is 3.99. The molecular formula is C27H23ClO7. The minimum absolute atomic E-state index is 0.0595. The third-order valence-electron chi connectivity index (χ3n) is 6.94. The van der Waals surface area contributed by atoms with Crippen molar-refractivity contribution in [2.24, 2.45) is 5.92 Å². The molecule has 1 fully saturated rings. The van der Waals surface area contributed by atoms with Crippen molar-refractivity contribution in [2.75, 3.05) is 21.3 Å². The van der Waals surface area contributed by atoms with Gasteiger partial charge in [0.2, 0.25) is 11.4 Å². The quantitative estimate of drug-likeness (QED) is 0.536. The van der Waals surface area contributed by atoms with Crippen LogP contribution in [0.25, 0.3) is 0 Å². The van der Waals surface area contributed by atoms with Crippen LogP contribution in [0.3, 0.4) is 0 Å². The lowest BCUT2D eigenvalue weighted by Crippen LogP contribution is -2.51. The molecule has 1 N–H and O–H groups in total. The van der Waals surface area contributed by atoms with Crippen LogP contribution in [0, 0.1) is 5.92 Å². The van der Waals surface area contributed by atoms with Gasteiger partial charge >= 0.3 is 5.97 Å². The van der Waals surface area contributed by atoms with E-state index in [1.807, 2.05) is 6.07 Å². The molecule has 0 spiro atoms. The molecule has 2 unspecified atom stereocenters. The highest BCUT2D eigenvalue weighted by Crippen LogP contribution is 2.66. The summed E-state index contributed by atoms with van der Waals surface area (Å²) in [4.78, 5) is 27.8. The molecule has 0 aromatic heterocycles. The normalized spacial score (nSPS) is 26.5. The Bertz CT molecular complexity index is 1310. The summed E-state index contributed by atoms with van der Waals surface area (Å²) in [5, 5.41) is 12.8. The molecule has 8 heteroatoms. The van der Waals surface area contributed by atoms with E-state index in [1.54, 1.807) is 54.6 Å². The number of esters is 1. The number of methoxy groups -OCH3 is 3. The zero-order chi connectivity index (χ0) is 25.0. The topological polar surface area (TPSA) is 91.3 Å². The molecule has 1 saturated carbocycles. The first-order valence-electron chi connectivity index (χ1n) is 10.9. The summed E-state index contributed by atoms with van der Waals surface area (Å²) in [7, 11) is 4.11. The summed E-state index contributed by atoms with van der Waals surface area (Å²) in [6, 6.07) is 18.7. The molecule has 2 bridgehead atoms. The van der Waals surface area contributed by atoms with Gasteiger partial charge in [-0.1, -0.05) is 54.1 Å². The van der Waals surface area contributed by atoms with Gasteiger partial charge in [-0.25, -0.2) is 0 Å². The highest BCUT2D eigenvalue weighted by Gasteiger charge is 2.77. The van der Waals surface area contributed by atoms with Crippen LogP contribution in [0.4, 0.5) is 0 Å². The summed E-state index contributed by atoms with van der Waals surface area (Å²) in [5.41, 5.74) is -2.94. The van der Waals surface area contributed by atoms with Crippen molar-refractivity contribution in [3.63, 3.8) is 0 Å². The molecule has 3 aromatic rings. The van der Waals surface area contributed by atoms with Crippen molar-refractivity contribution in [1.29, 1.82) is 0 Å². The maximum atomic E-state index is 14.4. The van der Waals surface area contributed by atoms with E-state index in [4.69, 9.17) is 30.5 Å². The summed E-state index contributed by atoms with van der Waals surface area (Å²) in [6.07, 6.45) is 0. The van der Waals surface area contributed by atoms with E-state index in [9.17, 15) is 14.7 Å². The van der Waals surface area contributed by atoms with Crippen LogP contribution in [0.1, 0.15) is 22.6 Å². The van der Waals surface area contributed by atoms with Gasteiger partial charge in [-0.2, -0.15) is 0 Å². The number of carbonyl (C=O) groups is 2.